The van der Waals surface area contributed by atoms with E-state index in [1.54, 1.807) is 24.3 Å². The summed E-state index contributed by atoms with van der Waals surface area (Å²) >= 11 is 0. The molecule has 6 nitrogen and oxygen atoms in total. The quantitative estimate of drug-likeness (QED) is 0.688. The van der Waals surface area contributed by atoms with Crippen LogP contribution in [-0.2, 0) is 16.4 Å². The largest absolute Gasteiger partial charge is 0.303 e. The lowest BCUT2D eigenvalue weighted by Crippen LogP contribution is -2.37. The first kappa shape index (κ1) is 20.5. The molecule has 2 heterocycles. The van der Waals surface area contributed by atoms with E-state index in [2.05, 4.69) is 26.7 Å². The summed E-state index contributed by atoms with van der Waals surface area (Å²) in [6.45, 7) is 2.94. The van der Waals surface area contributed by atoms with Gasteiger partial charge < -0.3 is 4.90 Å². The monoisotopic (exact) mass is 401 g/mol. The van der Waals surface area contributed by atoms with Gasteiger partial charge in [0.25, 0.3) is 0 Å². The van der Waals surface area contributed by atoms with Crippen LogP contribution in [0.5, 0.6) is 0 Å². The molecule has 1 fully saturated rings. The molecule has 0 bridgehead atoms. The van der Waals surface area contributed by atoms with Gasteiger partial charge in [-0.3, -0.25) is 14.5 Å². The van der Waals surface area contributed by atoms with Crippen molar-refractivity contribution >= 4 is 21.5 Å². The van der Waals surface area contributed by atoms with Gasteiger partial charge in [0.1, 0.15) is 0 Å². The van der Waals surface area contributed by atoms with Crippen molar-refractivity contribution < 1.29 is 13.2 Å². The van der Waals surface area contributed by atoms with Gasteiger partial charge >= 0.3 is 0 Å². The number of sulfonamides is 1. The van der Waals surface area contributed by atoms with E-state index in [1.807, 2.05) is 12.4 Å². The lowest BCUT2D eigenvalue weighted by Gasteiger charge is -2.31. The number of aryl methyl sites for hydroxylation is 1. The molecular formula is C21H27N3O3S. The number of aromatic nitrogens is 1. The van der Waals surface area contributed by atoms with Crippen molar-refractivity contribution in [3.63, 3.8) is 0 Å². The molecule has 3 rings (SSSR count). The van der Waals surface area contributed by atoms with Crippen molar-refractivity contribution in [2.75, 3.05) is 30.6 Å². The summed E-state index contributed by atoms with van der Waals surface area (Å²) < 4.78 is 25.0. The average molecular weight is 402 g/mol. The fraction of sp³-hybridized carbons (Fsp3) is 0.429. The molecular weight excluding hydrogens is 374 g/mol. The first-order chi connectivity index (χ1) is 13.4. The van der Waals surface area contributed by atoms with E-state index < -0.39 is 10.0 Å². The lowest BCUT2D eigenvalue weighted by atomic mass is 9.88. The molecule has 28 heavy (non-hydrogen) atoms. The second-order valence-electron chi connectivity index (χ2n) is 7.39. The Bertz CT molecular complexity index is 875. The number of nitrogens with one attached hydrogen (secondary N) is 1. The highest BCUT2D eigenvalue weighted by atomic mass is 32.2. The average Bonchev–Trinajstić information content (AvgIpc) is 2.68. The number of carbonyl (C=O) groups excluding carboxylic acids is 1. The van der Waals surface area contributed by atoms with Crippen LogP contribution in [0.25, 0.3) is 0 Å². The highest BCUT2D eigenvalue weighted by molar-refractivity contribution is 7.92. The van der Waals surface area contributed by atoms with Crippen molar-refractivity contribution in [2.45, 2.75) is 25.7 Å². The standard InChI is InChI=1S/C21H27N3O3S/c1-28(26,27)23-20-6-4-18(5-7-20)21(25)19-10-15-24(16-11-19)14-2-3-17-8-12-22-13-9-17/h4-9,12-13,19,23H,2-3,10-11,14-16H2,1H3. The molecule has 0 saturated carbocycles. The first-order valence-corrected chi connectivity index (χ1v) is 11.5. The zero-order chi connectivity index (χ0) is 20.0. The minimum Gasteiger partial charge on any atom is -0.303 e. The van der Waals surface area contributed by atoms with Crippen molar-refractivity contribution in [1.29, 1.82) is 0 Å². The summed E-state index contributed by atoms with van der Waals surface area (Å²) in [5.41, 5.74) is 2.44. The molecule has 0 radical (unpaired) electrons. The predicted molar refractivity (Wildman–Crippen MR) is 111 cm³/mol. The zero-order valence-corrected chi connectivity index (χ0v) is 17.0. The van der Waals surface area contributed by atoms with Gasteiger partial charge in [-0.05, 0) is 87.3 Å². The Hall–Kier alpha value is -2.25. The summed E-state index contributed by atoms with van der Waals surface area (Å²) in [5, 5.41) is 0. The van der Waals surface area contributed by atoms with Gasteiger partial charge in [0.2, 0.25) is 10.0 Å². The SMILES string of the molecule is CS(=O)(=O)Nc1ccc(C(=O)C2CCN(CCCc3ccncc3)CC2)cc1. The van der Waals surface area contributed by atoms with Crippen LogP contribution in [0.15, 0.2) is 48.8 Å². The summed E-state index contributed by atoms with van der Waals surface area (Å²) in [6, 6.07) is 10.8. The molecule has 1 N–H and O–H groups in total. The van der Waals surface area contributed by atoms with Crippen molar-refractivity contribution in [3.05, 3.63) is 59.9 Å². The molecule has 1 aliphatic rings. The summed E-state index contributed by atoms with van der Waals surface area (Å²) in [5.74, 6) is 0.201. The lowest BCUT2D eigenvalue weighted by molar-refractivity contribution is 0.0839. The van der Waals surface area contributed by atoms with Gasteiger partial charge in [0.05, 0.1) is 6.26 Å². The van der Waals surface area contributed by atoms with Crippen molar-refractivity contribution in [2.24, 2.45) is 5.92 Å². The van der Waals surface area contributed by atoms with Crippen LogP contribution >= 0.6 is 0 Å². The molecule has 7 heteroatoms. The second kappa shape index (κ2) is 9.30. The Morgan fingerprint density at radius 1 is 1.11 bits per heavy atom. The molecule has 0 amide bonds. The van der Waals surface area contributed by atoms with Gasteiger partial charge in [-0.25, -0.2) is 8.42 Å². The van der Waals surface area contributed by atoms with Crippen LogP contribution in [0, 0.1) is 5.92 Å². The number of hydrogen-bond acceptors (Lipinski definition) is 5. The van der Waals surface area contributed by atoms with Gasteiger partial charge in [0, 0.05) is 29.6 Å². The van der Waals surface area contributed by atoms with E-state index in [4.69, 9.17) is 0 Å². The highest BCUT2D eigenvalue weighted by Crippen LogP contribution is 2.23. The van der Waals surface area contributed by atoms with E-state index in [9.17, 15) is 13.2 Å². The maximum Gasteiger partial charge on any atom is 0.229 e. The minimum absolute atomic E-state index is 0.0464. The maximum absolute atomic E-state index is 12.7. The predicted octanol–water partition coefficient (Wildman–Crippen LogP) is 2.98. The fourth-order valence-electron chi connectivity index (χ4n) is 3.63. The van der Waals surface area contributed by atoms with E-state index in [0.717, 1.165) is 51.6 Å². The van der Waals surface area contributed by atoms with Crippen LogP contribution < -0.4 is 4.72 Å². The molecule has 1 aromatic carbocycles. The highest BCUT2D eigenvalue weighted by Gasteiger charge is 2.25. The van der Waals surface area contributed by atoms with Crippen LogP contribution in [-0.4, -0.2) is 50.0 Å². The molecule has 2 aromatic rings. The number of likely N-dealkylation sites (tertiary alicyclic amines) is 1. The summed E-state index contributed by atoms with van der Waals surface area (Å²) in [6.07, 6.45) is 8.67. The zero-order valence-electron chi connectivity index (χ0n) is 16.2. The Morgan fingerprint density at radius 3 is 2.36 bits per heavy atom. The van der Waals surface area contributed by atoms with Crippen molar-refractivity contribution in [3.8, 4) is 0 Å². The number of carbonyl (C=O) groups is 1. The number of ketones is 1. The molecule has 1 aromatic heterocycles. The number of hydrogen-bond donors (Lipinski definition) is 1. The third-order valence-electron chi connectivity index (χ3n) is 5.12. The van der Waals surface area contributed by atoms with Crippen LogP contribution in [0.1, 0.15) is 35.2 Å². The van der Waals surface area contributed by atoms with Gasteiger partial charge in [0.15, 0.2) is 5.78 Å². The van der Waals surface area contributed by atoms with Crippen LogP contribution in [0.4, 0.5) is 5.69 Å². The van der Waals surface area contributed by atoms with Crippen LogP contribution in [0.2, 0.25) is 0 Å². The molecule has 1 aliphatic heterocycles. The van der Waals surface area contributed by atoms with E-state index >= 15 is 0 Å². The fourth-order valence-corrected chi connectivity index (χ4v) is 4.19. The molecule has 1 saturated heterocycles. The number of pyridine rings is 1. The summed E-state index contributed by atoms with van der Waals surface area (Å²) in [7, 11) is -3.31. The number of piperidine rings is 1. The normalized spacial score (nSPS) is 16.0. The molecule has 150 valence electrons. The Labute approximate surface area is 167 Å². The summed E-state index contributed by atoms with van der Waals surface area (Å²) in [4.78, 5) is 19.2. The number of anilines is 1. The minimum atomic E-state index is -3.31. The topological polar surface area (TPSA) is 79.4 Å². The smallest absolute Gasteiger partial charge is 0.229 e. The first-order valence-electron chi connectivity index (χ1n) is 9.64. The molecule has 0 unspecified atom stereocenters. The maximum atomic E-state index is 12.7. The number of rotatable bonds is 8. The Balaban J connectivity index is 1.44. The van der Waals surface area contributed by atoms with Gasteiger partial charge in [-0.1, -0.05) is 0 Å². The van der Waals surface area contributed by atoms with E-state index in [0.29, 0.717) is 11.3 Å². The number of Topliss-reactive ketones (excluding diaryl/α,β-unsaturated/α-hetero) is 1. The second-order valence-corrected chi connectivity index (χ2v) is 9.14. The number of benzene rings is 1. The van der Waals surface area contributed by atoms with Crippen molar-refractivity contribution in [1.82, 2.24) is 9.88 Å². The Kier molecular flexibility index (Phi) is 6.80. The van der Waals surface area contributed by atoms with E-state index in [-0.39, 0.29) is 11.7 Å². The van der Waals surface area contributed by atoms with Gasteiger partial charge in [-0.2, -0.15) is 0 Å². The third-order valence-corrected chi connectivity index (χ3v) is 5.73. The number of nitrogens with zero attached hydrogens (tertiary/aromatic N) is 2. The van der Waals surface area contributed by atoms with E-state index in [1.165, 1.54) is 5.56 Å². The van der Waals surface area contributed by atoms with Gasteiger partial charge in [-0.15, -0.1) is 0 Å². The molecule has 0 atom stereocenters. The Morgan fingerprint density at radius 2 is 1.75 bits per heavy atom. The van der Waals surface area contributed by atoms with Crippen LogP contribution in [0.3, 0.4) is 0 Å². The third kappa shape index (κ3) is 6.14. The molecule has 0 aliphatic carbocycles. The molecule has 0 spiro atoms.